The largest absolute Gasteiger partial charge is 0.323 e. The molecule has 0 aliphatic heterocycles. The van der Waals surface area contributed by atoms with Crippen molar-refractivity contribution in [3.8, 4) is 0 Å². The molecule has 18 heavy (non-hydrogen) atoms. The van der Waals surface area contributed by atoms with Crippen LogP contribution in [0.1, 0.15) is 32.4 Å². The summed E-state index contributed by atoms with van der Waals surface area (Å²) in [5.74, 6) is -9.87. The van der Waals surface area contributed by atoms with E-state index in [2.05, 4.69) is 0 Å². The third-order valence-electron chi connectivity index (χ3n) is 2.49. The minimum atomic E-state index is -2.18. The fourth-order valence-corrected chi connectivity index (χ4v) is 1.33. The van der Waals surface area contributed by atoms with Gasteiger partial charge in [-0.05, 0) is 5.41 Å². The molecule has 0 unspecified atom stereocenters. The van der Waals surface area contributed by atoms with Gasteiger partial charge in [0, 0.05) is 11.6 Å². The Morgan fingerprint density at radius 2 is 1.06 bits per heavy atom. The average Bonchev–Trinajstić information content (AvgIpc) is 2.22. The van der Waals surface area contributed by atoms with E-state index < -0.39 is 46.1 Å². The first kappa shape index (κ1) is 17.1. The minimum Gasteiger partial charge on any atom is -0.323 e. The highest BCUT2D eigenvalue weighted by atomic mass is 35.5. The van der Waals surface area contributed by atoms with Gasteiger partial charge in [-0.2, -0.15) is 0 Å². The molecule has 2 N–H and O–H groups in total. The second-order valence-electron chi connectivity index (χ2n) is 4.83. The molecule has 0 aromatic heterocycles. The molecule has 0 amide bonds. The van der Waals surface area contributed by atoms with Gasteiger partial charge in [0.2, 0.25) is 5.82 Å². The lowest BCUT2D eigenvalue weighted by Gasteiger charge is -2.28. The van der Waals surface area contributed by atoms with Gasteiger partial charge in [0.05, 0.1) is 0 Å². The van der Waals surface area contributed by atoms with Crippen molar-refractivity contribution < 1.29 is 22.0 Å². The van der Waals surface area contributed by atoms with Gasteiger partial charge in [0.25, 0.3) is 0 Å². The standard InChI is InChI=1S/C11H12F5N.ClH/c1-11(2,3)10(17)4-5(12)7(14)9(16)8(15)6(4)13;/h10H,17H2,1-3H3;1H/t10-;/m0./s1. The molecule has 104 valence electrons. The summed E-state index contributed by atoms with van der Waals surface area (Å²) in [5, 5.41) is 0. The Morgan fingerprint density at radius 3 is 1.33 bits per heavy atom. The molecule has 1 aromatic rings. The van der Waals surface area contributed by atoms with Gasteiger partial charge in [-0.3, -0.25) is 0 Å². The van der Waals surface area contributed by atoms with Crippen LogP contribution in [0.5, 0.6) is 0 Å². The van der Waals surface area contributed by atoms with Crippen molar-refractivity contribution in [2.75, 3.05) is 0 Å². The van der Waals surface area contributed by atoms with Gasteiger partial charge in [0.1, 0.15) is 0 Å². The lowest BCUT2D eigenvalue weighted by atomic mass is 9.82. The fourth-order valence-electron chi connectivity index (χ4n) is 1.33. The van der Waals surface area contributed by atoms with Crippen LogP contribution < -0.4 is 5.73 Å². The van der Waals surface area contributed by atoms with E-state index in [1.807, 2.05) is 0 Å². The van der Waals surface area contributed by atoms with Crippen molar-refractivity contribution in [1.82, 2.24) is 0 Å². The number of nitrogens with two attached hydrogens (primary N) is 1. The van der Waals surface area contributed by atoms with Crippen molar-refractivity contribution >= 4 is 12.4 Å². The van der Waals surface area contributed by atoms with Crippen molar-refractivity contribution in [1.29, 1.82) is 0 Å². The first-order chi connectivity index (χ1) is 7.59. The zero-order valence-corrected chi connectivity index (χ0v) is 10.8. The fraction of sp³-hybridized carbons (Fsp3) is 0.455. The van der Waals surface area contributed by atoms with Gasteiger partial charge < -0.3 is 5.73 Å². The second kappa shape index (κ2) is 5.40. The zero-order chi connectivity index (χ0) is 13.5. The summed E-state index contributed by atoms with van der Waals surface area (Å²) < 4.78 is 65.4. The predicted molar refractivity (Wildman–Crippen MR) is 59.9 cm³/mol. The van der Waals surface area contributed by atoms with Crippen LogP contribution >= 0.6 is 12.4 Å². The Kier molecular flexibility index (Phi) is 5.14. The number of halogens is 6. The van der Waals surface area contributed by atoms with E-state index in [0.29, 0.717) is 0 Å². The predicted octanol–water partition coefficient (Wildman–Crippen LogP) is 3.85. The molecule has 0 bridgehead atoms. The maximum absolute atomic E-state index is 13.4. The van der Waals surface area contributed by atoms with Crippen LogP contribution in [0.15, 0.2) is 0 Å². The lowest BCUT2D eigenvalue weighted by molar-refractivity contribution is 0.292. The second-order valence-corrected chi connectivity index (χ2v) is 4.83. The third-order valence-corrected chi connectivity index (χ3v) is 2.49. The third kappa shape index (κ3) is 2.75. The molecular formula is C11H13ClF5N. The maximum atomic E-state index is 13.4. The van der Waals surface area contributed by atoms with Crippen LogP contribution in [-0.2, 0) is 0 Å². The summed E-state index contributed by atoms with van der Waals surface area (Å²) in [4.78, 5) is 0. The van der Waals surface area contributed by atoms with Gasteiger partial charge in [0.15, 0.2) is 23.3 Å². The molecule has 1 atom stereocenters. The van der Waals surface area contributed by atoms with Gasteiger partial charge in [-0.1, -0.05) is 20.8 Å². The highest BCUT2D eigenvalue weighted by Gasteiger charge is 2.33. The van der Waals surface area contributed by atoms with Crippen LogP contribution in [0.4, 0.5) is 22.0 Å². The summed E-state index contributed by atoms with van der Waals surface area (Å²) in [6.07, 6.45) is 0. The van der Waals surface area contributed by atoms with Gasteiger partial charge >= 0.3 is 0 Å². The Balaban J connectivity index is 0.00000289. The number of benzene rings is 1. The topological polar surface area (TPSA) is 26.0 Å². The summed E-state index contributed by atoms with van der Waals surface area (Å²) in [7, 11) is 0. The smallest absolute Gasteiger partial charge is 0.200 e. The maximum Gasteiger partial charge on any atom is 0.200 e. The van der Waals surface area contributed by atoms with Crippen LogP contribution in [0.3, 0.4) is 0 Å². The van der Waals surface area contributed by atoms with E-state index in [1.165, 1.54) is 20.8 Å². The number of rotatable bonds is 1. The Bertz CT molecular complexity index is 427. The normalized spacial score (nSPS) is 13.2. The van der Waals surface area contributed by atoms with E-state index in [4.69, 9.17) is 5.73 Å². The molecule has 0 radical (unpaired) electrons. The molecule has 1 rings (SSSR count). The summed E-state index contributed by atoms with van der Waals surface area (Å²) >= 11 is 0. The van der Waals surface area contributed by atoms with Gasteiger partial charge in [-0.25, -0.2) is 22.0 Å². The SMILES string of the molecule is CC(C)(C)[C@@H](N)c1c(F)c(F)c(F)c(F)c1F.Cl. The van der Waals surface area contributed by atoms with Crippen LogP contribution in [0.2, 0.25) is 0 Å². The van der Waals surface area contributed by atoms with E-state index >= 15 is 0 Å². The summed E-state index contributed by atoms with van der Waals surface area (Å²) in [6.45, 7) is 4.61. The quantitative estimate of drug-likeness (QED) is 0.474. The highest BCUT2D eigenvalue weighted by molar-refractivity contribution is 5.85. The highest BCUT2D eigenvalue weighted by Crippen LogP contribution is 2.35. The molecule has 7 heteroatoms. The van der Waals surface area contributed by atoms with Crippen molar-refractivity contribution in [3.63, 3.8) is 0 Å². The molecule has 0 spiro atoms. The molecule has 0 heterocycles. The number of hydrogen-bond acceptors (Lipinski definition) is 1. The summed E-state index contributed by atoms with van der Waals surface area (Å²) in [5.41, 5.74) is 3.71. The Labute approximate surface area is 108 Å². The monoisotopic (exact) mass is 289 g/mol. The average molecular weight is 290 g/mol. The first-order valence-electron chi connectivity index (χ1n) is 4.86. The van der Waals surface area contributed by atoms with Crippen molar-refractivity contribution in [2.45, 2.75) is 26.8 Å². The van der Waals surface area contributed by atoms with Crippen molar-refractivity contribution in [2.24, 2.45) is 11.1 Å². The van der Waals surface area contributed by atoms with E-state index in [9.17, 15) is 22.0 Å². The summed E-state index contributed by atoms with van der Waals surface area (Å²) in [6, 6.07) is -1.30. The van der Waals surface area contributed by atoms with E-state index in [0.717, 1.165) is 0 Å². The number of hydrogen-bond donors (Lipinski definition) is 1. The molecule has 0 saturated heterocycles. The van der Waals surface area contributed by atoms with Crippen LogP contribution in [0, 0.1) is 34.5 Å². The van der Waals surface area contributed by atoms with Crippen LogP contribution in [0.25, 0.3) is 0 Å². The molecule has 1 aromatic carbocycles. The molecule has 1 nitrogen and oxygen atoms in total. The van der Waals surface area contributed by atoms with Crippen LogP contribution in [-0.4, -0.2) is 0 Å². The molecular weight excluding hydrogens is 277 g/mol. The molecule has 0 fully saturated rings. The first-order valence-corrected chi connectivity index (χ1v) is 4.86. The van der Waals surface area contributed by atoms with Gasteiger partial charge in [-0.15, -0.1) is 12.4 Å². The zero-order valence-electron chi connectivity index (χ0n) is 9.95. The molecule has 0 saturated carbocycles. The lowest BCUT2D eigenvalue weighted by Crippen LogP contribution is -2.29. The van der Waals surface area contributed by atoms with E-state index in [-0.39, 0.29) is 12.4 Å². The molecule has 0 aliphatic rings. The molecule has 0 aliphatic carbocycles. The van der Waals surface area contributed by atoms with Crippen molar-refractivity contribution in [3.05, 3.63) is 34.6 Å². The Morgan fingerprint density at radius 1 is 0.778 bits per heavy atom. The minimum absolute atomic E-state index is 0. The van der Waals surface area contributed by atoms with E-state index in [1.54, 1.807) is 0 Å². The Hall–Kier alpha value is -0.880.